The molecule has 0 saturated carbocycles. The highest BCUT2D eigenvalue weighted by molar-refractivity contribution is 8.00. The highest BCUT2D eigenvalue weighted by atomic mass is 32.2. The molecule has 0 spiro atoms. The number of ether oxygens (including phenoxy) is 2. The summed E-state index contributed by atoms with van der Waals surface area (Å²) >= 11 is 1.16. The van der Waals surface area contributed by atoms with Crippen molar-refractivity contribution in [3.63, 3.8) is 0 Å². The summed E-state index contributed by atoms with van der Waals surface area (Å²) in [5.41, 5.74) is 0. The smallest absolute Gasteiger partial charge is 0.316 e. The topological polar surface area (TPSA) is 86.5 Å². The Kier molecular flexibility index (Phi) is 5.86. The van der Waals surface area contributed by atoms with Gasteiger partial charge >= 0.3 is 5.97 Å². The van der Waals surface area contributed by atoms with Gasteiger partial charge in [0.25, 0.3) is 0 Å². The van der Waals surface area contributed by atoms with Gasteiger partial charge in [-0.05, 0) is 26.0 Å². The maximum Gasteiger partial charge on any atom is 0.316 e. The standard InChI is InChI=1S/C15H19N3O4S/c1-4-18-13(16-17-15(18)23-10(2)14(19)20)9-22-12-8-6-5-7-11(12)21-3/h5-8,10H,4,9H2,1-3H3,(H,19,20)/t10-/m1/s1. The second kappa shape index (κ2) is 7.87. The van der Waals surface area contributed by atoms with Crippen molar-refractivity contribution in [1.82, 2.24) is 14.8 Å². The van der Waals surface area contributed by atoms with Crippen LogP contribution in [0.4, 0.5) is 0 Å². The van der Waals surface area contributed by atoms with Crippen molar-refractivity contribution in [2.45, 2.75) is 37.4 Å². The number of hydrogen-bond donors (Lipinski definition) is 1. The Morgan fingerprint density at radius 1 is 1.35 bits per heavy atom. The van der Waals surface area contributed by atoms with Gasteiger partial charge in [-0.15, -0.1) is 10.2 Å². The lowest BCUT2D eigenvalue weighted by molar-refractivity contribution is -0.136. The highest BCUT2D eigenvalue weighted by Gasteiger charge is 2.19. The largest absolute Gasteiger partial charge is 0.493 e. The van der Waals surface area contributed by atoms with Gasteiger partial charge in [-0.2, -0.15) is 0 Å². The van der Waals surface area contributed by atoms with E-state index >= 15 is 0 Å². The fourth-order valence-corrected chi connectivity index (χ4v) is 2.79. The number of aromatic nitrogens is 3. The summed E-state index contributed by atoms with van der Waals surface area (Å²) in [5.74, 6) is 1.02. The maximum atomic E-state index is 11.0. The third-order valence-corrected chi connectivity index (χ3v) is 4.23. The Labute approximate surface area is 138 Å². The number of carboxylic acids is 1. The Morgan fingerprint density at radius 3 is 2.65 bits per heavy atom. The third kappa shape index (κ3) is 4.16. The van der Waals surface area contributed by atoms with Crippen LogP contribution in [0.15, 0.2) is 29.4 Å². The van der Waals surface area contributed by atoms with Crippen LogP contribution in [-0.4, -0.2) is 38.2 Å². The second-order valence-electron chi connectivity index (χ2n) is 4.68. The van der Waals surface area contributed by atoms with Crippen LogP contribution >= 0.6 is 11.8 Å². The van der Waals surface area contributed by atoms with Gasteiger partial charge in [0.2, 0.25) is 0 Å². The van der Waals surface area contributed by atoms with Crippen molar-refractivity contribution in [2.24, 2.45) is 0 Å². The lowest BCUT2D eigenvalue weighted by Gasteiger charge is -2.11. The molecular weight excluding hydrogens is 318 g/mol. The minimum atomic E-state index is -0.882. The van der Waals surface area contributed by atoms with E-state index in [-0.39, 0.29) is 6.61 Å². The lowest BCUT2D eigenvalue weighted by Crippen LogP contribution is -2.13. The Morgan fingerprint density at radius 2 is 2.04 bits per heavy atom. The number of carboxylic acid groups (broad SMARTS) is 1. The molecule has 124 valence electrons. The van der Waals surface area contributed by atoms with E-state index < -0.39 is 11.2 Å². The van der Waals surface area contributed by atoms with E-state index in [4.69, 9.17) is 14.6 Å². The van der Waals surface area contributed by atoms with Gasteiger partial charge in [-0.3, -0.25) is 4.79 Å². The van der Waals surface area contributed by atoms with Gasteiger partial charge in [0.15, 0.2) is 22.5 Å². The number of carbonyl (C=O) groups is 1. The number of methoxy groups -OCH3 is 1. The first-order valence-electron chi connectivity index (χ1n) is 7.14. The SMILES string of the molecule is CCn1c(COc2ccccc2OC)nnc1S[C@H](C)C(=O)O. The van der Waals surface area contributed by atoms with Crippen LogP contribution in [0.5, 0.6) is 11.5 Å². The van der Waals surface area contributed by atoms with Crippen molar-refractivity contribution < 1.29 is 19.4 Å². The molecule has 0 bridgehead atoms. The van der Waals surface area contributed by atoms with Crippen LogP contribution in [0, 0.1) is 0 Å². The predicted molar refractivity (Wildman–Crippen MR) is 86.0 cm³/mol. The molecule has 1 N–H and O–H groups in total. The molecule has 0 aliphatic heterocycles. The normalized spacial score (nSPS) is 12.0. The van der Waals surface area contributed by atoms with E-state index in [9.17, 15) is 4.79 Å². The first-order chi connectivity index (χ1) is 11.1. The Bertz CT molecular complexity index is 674. The first-order valence-corrected chi connectivity index (χ1v) is 8.02. The quantitative estimate of drug-likeness (QED) is 0.740. The molecule has 7 nitrogen and oxygen atoms in total. The number of rotatable bonds is 8. The van der Waals surface area contributed by atoms with E-state index in [0.29, 0.717) is 29.0 Å². The van der Waals surface area contributed by atoms with Crippen molar-refractivity contribution in [1.29, 1.82) is 0 Å². The number of para-hydroxylation sites is 2. The highest BCUT2D eigenvalue weighted by Crippen LogP contribution is 2.27. The molecule has 0 saturated heterocycles. The molecule has 1 aromatic carbocycles. The van der Waals surface area contributed by atoms with Crippen molar-refractivity contribution in [2.75, 3.05) is 7.11 Å². The van der Waals surface area contributed by atoms with E-state index in [1.807, 2.05) is 35.8 Å². The van der Waals surface area contributed by atoms with Gasteiger partial charge in [-0.25, -0.2) is 0 Å². The van der Waals surface area contributed by atoms with Gasteiger partial charge in [-0.1, -0.05) is 23.9 Å². The number of aliphatic carboxylic acids is 1. The van der Waals surface area contributed by atoms with Gasteiger partial charge < -0.3 is 19.1 Å². The summed E-state index contributed by atoms with van der Waals surface area (Å²) in [5, 5.41) is 17.2. The average molecular weight is 337 g/mol. The Balaban J connectivity index is 2.11. The lowest BCUT2D eigenvalue weighted by atomic mass is 10.3. The summed E-state index contributed by atoms with van der Waals surface area (Å²) in [6, 6.07) is 7.35. The molecular formula is C15H19N3O4S. The van der Waals surface area contributed by atoms with Crippen LogP contribution in [0.1, 0.15) is 19.7 Å². The van der Waals surface area contributed by atoms with E-state index in [2.05, 4.69) is 10.2 Å². The molecule has 1 heterocycles. The summed E-state index contributed by atoms with van der Waals surface area (Å²) < 4.78 is 12.8. The van der Waals surface area contributed by atoms with Crippen LogP contribution in [0.3, 0.4) is 0 Å². The molecule has 0 amide bonds. The minimum Gasteiger partial charge on any atom is -0.493 e. The molecule has 2 aromatic rings. The van der Waals surface area contributed by atoms with Gasteiger partial charge in [0, 0.05) is 6.54 Å². The summed E-state index contributed by atoms with van der Waals surface area (Å²) in [4.78, 5) is 11.0. The predicted octanol–water partition coefficient (Wildman–Crippen LogP) is 2.45. The van der Waals surface area contributed by atoms with Crippen LogP contribution in [0.2, 0.25) is 0 Å². The maximum absolute atomic E-state index is 11.0. The fourth-order valence-electron chi connectivity index (χ4n) is 1.92. The van der Waals surface area contributed by atoms with Gasteiger partial charge in [0.1, 0.15) is 11.9 Å². The molecule has 1 atom stereocenters. The van der Waals surface area contributed by atoms with Crippen molar-refractivity contribution >= 4 is 17.7 Å². The molecule has 23 heavy (non-hydrogen) atoms. The van der Waals surface area contributed by atoms with Crippen LogP contribution in [-0.2, 0) is 17.9 Å². The molecule has 1 aromatic heterocycles. The fraction of sp³-hybridized carbons (Fsp3) is 0.400. The average Bonchev–Trinajstić information content (AvgIpc) is 2.94. The summed E-state index contributed by atoms with van der Waals surface area (Å²) in [6.07, 6.45) is 0. The van der Waals surface area contributed by atoms with Gasteiger partial charge in [0.05, 0.1) is 7.11 Å². The van der Waals surface area contributed by atoms with Crippen molar-refractivity contribution in [3.05, 3.63) is 30.1 Å². The summed E-state index contributed by atoms with van der Waals surface area (Å²) in [6.45, 7) is 4.42. The second-order valence-corrected chi connectivity index (χ2v) is 5.99. The molecule has 2 rings (SSSR count). The number of benzene rings is 1. The number of hydrogen-bond acceptors (Lipinski definition) is 6. The zero-order valence-corrected chi connectivity index (χ0v) is 14.0. The Hall–Kier alpha value is -2.22. The number of nitrogens with zero attached hydrogens (tertiary/aromatic N) is 3. The first kappa shape index (κ1) is 17.1. The zero-order chi connectivity index (χ0) is 16.8. The van der Waals surface area contributed by atoms with E-state index in [1.54, 1.807) is 14.0 Å². The number of thioether (sulfide) groups is 1. The zero-order valence-electron chi connectivity index (χ0n) is 13.2. The minimum absolute atomic E-state index is 0.225. The molecule has 0 aliphatic rings. The molecule has 0 unspecified atom stereocenters. The summed E-state index contributed by atoms with van der Waals surface area (Å²) in [7, 11) is 1.58. The van der Waals surface area contributed by atoms with Crippen LogP contribution < -0.4 is 9.47 Å². The van der Waals surface area contributed by atoms with E-state index in [1.165, 1.54) is 0 Å². The molecule has 0 radical (unpaired) electrons. The monoisotopic (exact) mass is 337 g/mol. The molecule has 8 heteroatoms. The molecule has 0 fully saturated rings. The van der Waals surface area contributed by atoms with Crippen molar-refractivity contribution in [3.8, 4) is 11.5 Å². The third-order valence-electron chi connectivity index (χ3n) is 3.17. The van der Waals surface area contributed by atoms with E-state index in [0.717, 1.165) is 11.8 Å². The van der Waals surface area contributed by atoms with Crippen LogP contribution in [0.25, 0.3) is 0 Å². The molecule has 0 aliphatic carbocycles.